The third-order valence-electron chi connectivity index (χ3n) is 7.77. The minimum absolute atomic E-state index is 0.142. The van der Waals surface area contributed by atoms with Crippen LogP contribution in [0, 0.1) is 12.7 Å². The van der Waals surface area contributed by atoms with Crippen molar-refractivity contribution in [2.45, 2.75) is 45.1 Å². The van der Waals surface area contributed by atoms with Crippen molar-refractivity contribution in [3.8, 4) is 11.4 Å². The molecule has 40 heavy (non-hydrogen) atoms. The number of hydrogen-bond acceptors (Lipinski definition) is 9. The SMILES string of the molecule is Cc1c(F)cc2nc3c(c4c2c1CCC4NC(=O)COCNC(=O)CN)Cn1c-3cc2c(c1=O)COC(=O)C2O. The van der Waals surface area contributed by atoms with Gasteiger partial charge in [0.15, 0.2) is 6.10 Å². The van der Waals surface area contributed by atoms with Crippen LogP contribution in [0.2, 0.25) is 0 Å². The maximum absolute atomic E-state index is 14.9. The highest BCUT2D eigenvalue weighted by Crippen LogP contribution is 2.45. The van der Waals surface area contributed by atoms with Crippen LogP contribution in [0.25, 0.3) is 22.3 Å². The van der Waals surface area contributed by atoms with E-state index in [2.05, 4.69) is 10.6 Å². The molecule has 0 saturated carbocycles. The average molecular weight is 552 g/mol. The predicted octanol–water partition coefficient (Wildman–Crippen LogP) is 0.115. The maximum atomic E-state index is 14.9. The summed E-state index contributed by atoms with van der Waals surface area (Å²) in [4.78, 5) is 54.3. The lowest BCUT2D eigenvalue weighted by Gasteiger charge is -2.29. The van der Waals surface area contributed by atoms with Crippen molar-refractivity contribution >= 4 is 28.7 Å². The number of esters is 1. The molecule has 0 saturated heterocycles. The van der Waals surface area contributed by atoms with Crippen LogP contribution in [0.3, 0.4) is 0 Å². The van der Waals surface area contributed by atoms with Gasteiger partial charge >= 0.3 is 5.97 Å². The molecule has 2 aromatic heterocycles. The molecule has 0 fully saturated rings. The van der Waals surface area contributed by atoms with Crippen LogP contribution in [0.5, 0.6) is 0 Å². The Bertz CT molecular complexity index is 1680. The summed E-state index contributed by atoms with van der Waals surface area (Å²) in [5.41, 5.74) is 9.09. The number of carbonyl (C=O) groups is 3. The molecule has 208 valence electrons. The molecule has 3 aromatic rings. The Kier molecular flexibility index (Phi) is 6.36. The van der Waals surface area contributed by atoms with Crippen molar-refractivity contribution in [1.29, 1.82) is 0 Å². The molecule has 3 aliphatic rings. The van der Waals surface area contributed by atoms with E-state index in [-0.39, 0.29) is 44.2 Å². The van der Waals surface area contributed by atoms with Crippen LogP contribution >= 0.6 is 0 Å². The van der Waals surface area contributed by atoms with Crippen LogP contribution in [0.4, 0.5) is 4.39 Å². The van der Waals surface area contributed by atoms with Gasteiger partial charge in [0.25, 0.3) is 5.56 Å². The highest BCUT2D eigenvalue weighted by molar-refractivity contribution is 5.93. The number of nitrogens with zero attached hydrogens (tertiary/aromatic N) is 2. The monoisotopic (exact) mass is 551 g/mol. The zero-order valence-electron chi connectivity index (χ0n) is 21.5. The standard InChI is InChI=1S/C27H26FN5O7/c1-11-12-2-3-17(31-21(35)9-39-10-30-20(34)6-29)23-14-7-33-19(24(14)32-18(22(12)23)5-16(11)28)4-13-15(26(33)37)8-40-27(38)25(13)36/h4-5,17,25,36H,2-3,6-10,29H2,1H3,(H,30,34)(H,31,35). The Morgan fingerprint density at radius 3 is 2.83 bits per heavy atom. The van der Waals surface area contributed by atoms with Crippen molar-refractivity contribution < 1.29 is 33.4 Å². The average Bonchev–Trinajstić information content (AvgIpc) is 3.31. The first-order chi connectivity index (χ1) is 19.2. The molecule has 4 heterocycles. The fourth-order valence-corrected chi connectivity index (χ4v) is 5.83. The van der Waals surface area contributed by atoms with Crippen molar-refractivity contribution in [1.82, 2.24) is 20.2 Å². The molecule has 6 rings (SSSR count). The van der Waals surface area contributed by atoms with E-state index >= 15 is 0 Å². The lowest BCUT2D eigenvalue weighted by atomic mass is 9.81. The molecule has 12 nitrogen and oxygen atoms in total. The first-order valence-electron chi connectivity index (χ1n) is 12.8. The fraction of sp³-hybridized carbons (Fsp3) is 0.370. The molecule has 13 heteroatoms. The zero-order valence-corrected chi connectivity index (χ0v) is 21.5. The summed E-state index contributed by atoms with van der Waals surface area (Å²) in [7, 11) is 0. The molecular weight excluding hydrogens is 525 g/mol. The number of carbonyl (C=O) groups excluding carboxylic acids is 3. The number of aromatic nitrogens is 2. The molecule has 2 unspecified atom stereocenters. The minimum atomic E-state index is -1.60. The number of halogens is 1. The first kappa shape index (κ1) is 26.0. The number of pyridine rings is 2. The second kappa shape index (κ2) is 9.77. The van der Waals surface area contributed by atoms with Crippen molar-refractivity contribution in [3.63, 3.8) is 0 Å². The summed E-state index contributed by atoms with van der Waals surface area (Å²) in [5.74, 6) is -2.08. The van der Waals surface area contributed by atoms with Gasteiger partial charge in [-0.05, 0) is 42.5 Å². The van der Waals surface area contributed by atoms with Crippen molar-refractivity contribution in [3.05, 3.63) is 61.7 Å². The van der Waals surface area contributed by atoms with E-state index in [4.69, 9.17) is 20.2 Å². The van der Waals surface area contributed by atoms with Crippen LogP contribution in [-0.4, -0.2) is 52.3 Å². The number of fused-ring (bicyclic) bond motifs is 5. The number of cyclic esters (lactones) is 1. The van der Waals surface area contributed by atoms with Gasteiger partial charge in [-0.15, -0.1) is 0 Å². The van der Waals surface area contributed by atoms with Crippen LogP contribution in [0.15, 0.2) is 16.9 Å². The van der Waals surface area contributed by atoms with Gasteiger partial charge < -0.3 is 35.5 Å². The van der Waals surface area contributed by atoms with Gasteiger partial charge in [0.05, 0.1) is 41.6 Å². The first-order valence-corrected chi connectivity index (χ1v) is 12.8. The normalized spacial score (nSPS) is 18.6. The van der Waals surface area contributed by atoms with Crippen LogP contribution < -0.4 is 21.9 Å². The molecule has 5 N–H and O–H groups in total. The largest absolute Gasteiger partial charge is 0.458 e. The third-order valence-corrected chi connectivity index (χ3v) is 7.77. The molecule has 2 aliphatic heterocycles. The quantitative estimate of drug-likeness (QED) is 0.147. The van der Waals surface area contributed by atoms with Gasteiger partial charge in [-0.2, -0.15) is 0 Å². The second-order valence-electron chi connectivity index (χ2n) is 10.0. The fourth-order valence-electron chi connectivity index (χ4n) is 5.83. The van der Waals surface area contributed by atoms with Gasteiger partial charge in [-0.3, -0.25) is 14.4 Å². The number of ether oxygens (including phenoxy) is 2. The number of nitrogens with one attached hydrogen (secondary N) is 2. The van der Waals surface area contributed by atoms with Gasteiger partial charge in [0.2, 0.25) is 11.8 Å². The number of nitrogens with two attached hydrogens (primary N) is 1. The summed E-state index contributed by atoms with van der Waals surface area (Å²) in [6.07, 6.45) is -0.626. The predicted molar refractivity (Wildman–Crippen MR) is 137 cm³/mol. The second-order valence-corrected chi connectivity index (χ2v) is 10.0. The van der Waals surface area contributed by atoms with E-state index < -0.39 is 41.3 Å². The van der Waals surface area contributed by atoms with Gasteiger partial charge in [-0.1, -0.05) is 0 Å². The molecular formula is C27H26FN5O7. The Hall–Kier alpha value is -4.20. The topological polar surface area (TPSA) is 175 Å². The Balaban J connectivity index is 1.43. The Morgan fingerprint density at radius 1 is 1.25 bits per heavy atom. The molecule has 1 aliphatic carbocycles. The van der Waals surface area contributed by atoms with Gasteiger partial charge in [0.1, 0.15) is 25.8 Å². The number of aliphatic hydroxyl groups is 1. The molecule has 0 spiro atoms. The Morgan fingerprint density at radius 2 is 2.05 bits per heavy atom. The lowest BCUT2D eigenvalue weighted by molar-refractivity contribution is -0.157. The zero-order chi connectivity index (χ0) is 28.3. The maximum Gasteiger partial charge on any atom is 0.340 e. The van der Waals surface area contributed by atoms with E-state index in [1.165, 1.54) is 10.6 Å². The molecule has 2 amide bonds. The third kappa shape index (κ3) is 4.05. The van der Waals surface area contributed by atoms with Crippen LogP contribution in [-0.2, 0) is 43.4 Å². The van der Waals surface area contributed by atoms with E-state index in [9.17, 15) is 28.7 Å². The lowest BCUT2D eigenvalue weighted by Crippen LogP contribution is -2.37. The van der Waals surface area contributed by atoms with Crippen molar-refractivity contribution in [2.24, 2.45) is 5.73 Å². The number of hydrogen-bond donors (Lipinski definition) is 4. The summed E-state index contributed by atoms with van der Waals surface area (Å²) < 4.78 is 26.7. The van der Waals surface area contributed by atoms with Crippen molar-refractivity contribution in [2.75, 3.05) is 19.9 Å². The van der Waals surface area contributed by atoms with Gasteiger partial charge in [0, 0.05) is 22.6 Å². The highest BCUT2D eigenvalue weighted by Gasteiger charge is 2.37. The molecule has 0 bridgehead atoms. The molecule has 2 atom stereocenters. The highest BCUT2D eigenvalue weighted by atomic mass is 19.1. The van der Waals surface area contributed by atoms with Gasteiger partial charge in [-0.25, -0.2) is 14.2 Å². The summed E-state index contributed by atoms with van der Waals surface area (Å²) in [6.45, 7) is 0.910. The molecule has 1 aromatic carbocycles. The summed E-state index contributed by atoms with van der Waals surface area (Å²) in [6, 6.07) is 2.42. The number of amides is 2. The van der Waals surface area contributed by atoms with E-state index in [1.54, 1.807) is 13.0 Å². The van der Waals surface area contributed by atoms with E-state index in [1.807, 2.05) is 0 Å². The Labute approximate surface area is 226 Å². The summed E-state index contributed by atoms with van der Waals surface area (Å²) in [5, 5.41) is 16.5. The van der Waals surface area contributed by atoms with E-state index in [0.717, 1.165) is 16.5 Å². The number of aliphatic hydroxyl groups excluding tert-OH is 1. The molecule has 0 radical (unpaired) electrons. The number of rotatable bonds is 6. The smallest absolute Gasteiger partial charge is 0.340 e. The number of benzene rings is 1. The van der Waals surface area contributed by atoms with E-state index in [0.29, 0.717) is 40.9 Å². The number of aryl methyl sites for hydroxylation is 1. The minimum Gasteiger partial charge on any atom is -0.458 e. The van der Waals surface area contributed by atoms with Crippen LogP contribution in [0.1, 0.15) is 51.9 Å². The summed E-state index contributed by atoms with van der Waals surface area (Å²) >= 11 is 0.